The summed E-state index contributed by atoms with van der Waals surface area (Å²) < 4.78 is 0. The quantitative estimate of drug-likeness (QED) is 0.619. The van der Waals surface area contributed by atoms with Crippen LogP contribution in [0.25, 0.3) is 0 Å². The van der Waals surface area contributed by atoms with Crippen LogP contribution in [0.4, 0.5) is 0 Å². The summed E-state index contributed by atoms with van der Waals surface area (Å²) in [6, 6.07) is 7.12. The molecule has 0 saturated heterocycles. The minimum absolute atomic E-state index is 0.340. The molecular weight excluding hydrogens is 220 g/mol. The van der Waals surface area contributed by atoms with Gasteiger partial charge in [0.15, 0.2) is 0 Å². The highest BCUT2D eigenvalue weighted by molar-refractivity contribution is 6.77. The molecule has 0 aliphatic heterocycles. The Morgan fingerprint density at radius 1 is 1.12 bits per heavy atom. The van der Waals surface area contributed by atoms with E-state index < -0.39 is 8.07 Å². The molecule has 0 heterocycles. The summed E-state index contributed by atoms with van der Waals surface area (Å²) in [4.78, 5) is 0. The largest absolute Gasteiger partial charge is 0.0691 e. The smallest absolute Gasteiger partial charge is 0.0525 e. The average Bonchev–Trinajstić information content (AvgIpc) is 2.36. The van der Waals surface area contributed by atoms with Gasteiger partial charge in [-0.2, -0.15) is 0 Å². The van der Waals surface area contributed by atoms with Crippen LogP contribution in [0.1, 0.15) is 43.0 Å². The van der Waals surface area contributed by atoms with Crippen molar-refractivity contribution in [2.45, 2.75) is 58.3 Å². The molecule has 94 valence electrons. The van der Waals surface area contributed by atoms with Crippen molar-refractivity contribution < 1.29 is 0 Å². The maximum absolute atomic E-state index is 2.51. The summed E-state index contributed by atoms with van der Waals surface area (Å²) >= 11 is 0. The first-order chi connectivity index (χ1) is 7.65. The first kappa shape index (κ1) is 12.9. The Morgan fingerprint density at radius 3 is 2.24 bits per heavy atom. The molecule has 0 amide bonds. The van der Waals surface area contributed by atoms with E-state index in [2.05, 4.69) is 65.5 Å². The molecular formula is C16H26Si. The van der Waals surface area contributed by atoms with Crippen molar-refractivity contribution in [3.05, 3.63) is 34.9 Å². The van der Waals surface area contributed by atoms with Gasteiger partial charge in [-0.3, -0.25) is 0 Å². The van der Waals surface area contributed by atoms with Gasteiger partial charge in [0, 0.05) is 0 Å². The monoisotopic (exact) mass is 246 g/mol. The van der Waals surface area contributed by atoms with E-state index >= 15 is 0 Å². The molecule has 1 aromatic carbocycles. The topological polar surface area (TPSA) is 0 Å². The summed E-state index contributed by atoms with van der Waals surface area (Å²) in [6.07, 6.45) is 0. The maximum Gasteiger partial charge on any atom is 0.0525 e. The molecule has 17 heavy (non-hydrogen) atoms. The molecule has 0 nitrogen and oxygen atoms in total. The Morgan fingerprint density at radius 2 is 1.71 bits per heavy atom. The second-order valence-corrected chi connectivity index (χ2v) is 12.8. The van der Waals surface area contributed by atoms with Crippen LogP contribution < -0.4 is 0 Å². The summed E-state index contributed by atoms with van der Waals surface area (Å²) in [5, 5.41) is 0. The van der Waals surface area contributed by atoms with Crippen molar-refractivity contribution in [2.75, 3.05) is 0 Å². The second kappa shape index (κ2) is 3.71. The van der Waals surface area contributed by atoms with Crippen molar-refractivity contribution in [3.63, 3.8) is 0 Å². The molecule has 1 heteroatoms. The number of hydrogen-bond acceptors (Lipinski definition) is 0. The van der Waals surface area contributed by atoms with Gasteiger partial charge in [-0.25, -0.2) is 0 Å². The second-order valence-electron chi connectivity index (χ2n) is 7.44. The van der Waals surface area contributed by atoms with Gasteiger partial charge in [0.2, 0.25) is 0 Å². The van der Waals surface area contributed by atoms with E-state index in [0.717, 1.165) is 11.5 Å². The molecule has 2 atom stereocenters. The van der Waals surface area contributed by atoms with Crippen LogP contribution in [0.2, 0.25) is 19.6 Å². The van der Waals surface area contributed by atoms with Crippen LogP contribution in [0, 0.1) is 12.8 Å². The molecule has 1 aliphatic rings. The fraction of sp³-hybridized carbons (Fsp3) is 0.625. The molecule has 1 aliphatic carbocycles. The highest BCUT2D eigenvalue weighted by atomic mass is 28.3. The number of fused-ring (bicyclic) bond motifs is 1. The minimum atomic E-state index is -1.14. The molecule has 2 unspecified atom stereocenters. The Kier molecular flexibility index (Phi) is 2.81. The Bertz CT molecular complexity index is 437. The van der Waals surface area contributed by atoms with Gasteiger partial charge in [-0.15, -0.1) is 0 Å². The van der Waals surface area contributed by atoms with Gasteiger partial charge in [-0.05, 0) is 34.9 Å². The number of hydrogen-bond donors (Lipinski definition) is 0. The van der Waals surface area contributed by atoms with Crippen molar-refractivity contribution in [1.82, 2.24) is 0 Å². The standard InChI is InChI=1S/C16H26Si/c1-11-8-9-13-14(10-11)16(3,4)12(2)15(13)17(5,6)7/h8-10,12,15H,1-7H3. The fourth-order valence-corrected chi connectivity index (χ4v) is 6.75. The Labute approximate surface area is 107 Å². The lowest BCUT2D eigenvalue weighted by atomic mass is 9.79. The number of rotatable bonds is 1. The lowest BCUT2D eigenvalue weighted by Gasteiger charge is -2.34. The molecule has 0 saturated carbocycles. The van der Waals surface area contributed by atoms with Crippen LogP contribution in [0.3, 0.4) is 0 Å². The van der Waals surface area contributed by atoms with Crippen LogP contribution in [-0.2, 0) is 5.41 Å². The van der Waals surface area contributed by atoms with E-state index in [1.807, 2.05) is 0 Å². The lowest BCUT2D eigenvalue weighted by molar-refractivity contribution is 0.366. The van der Waals surface area contributed by atoms with Crippen LogP contribution in [-0.4, -0.2) is 8.07 Å². The highest BCUT2D eigenvalue weighted by Crippen LogP contribution is 2.53. The van der Waals surface area contributed by atoms with E-state index in [1.54, 1.807) is 11.1 Å². The third-order valence-corrected chi connectivity index (χ3v) is 7.49. The molecule has 0 spiro atoms. The maximum atomic E-state index is 2.51. The van der Waals surface area contributed by atoms with Gasteiger partial charge in [0.1, 0.15) is 0 Å². The lowest BCUT2D eigenvalue weighted by Crippen LogP contribution is -2.36. The SMILES string of the molecule is Cc1ccc2c(c1)C(C)(C)C(C)C2[Si](C)(C)C. The van der Waals surface area contributed by atoms with Crippen molar-refractivity contribution in [3.8, 4) is 0 Å². The Hall–Kier alpha value is -0.563. The predicted molar refractivity (Wildman–Crippen MR) is 79.5 cm³/mol. The van der Waals surface area contributed by atoms with E-state index in [4.69, 9.17) is 0 Å². The first-order valence-corrected chi connectivity index (χ1v) is 10.3. The summed E-state index contributed by atoms with van der Waals surface area (Å²) in [5.74, 6) is 0.769. The molecule has 0 aromatic heterocycles. The minimum Gasteiger partial charge on any atom is -0.0691 e. The molecule has 2 rings (SSSR count). The van der Waals surface area contributed by atoms with Crippen molar-refractivity contribution in [1.29, 1.82) is 0 Å². The average molecular weight is 246 g/mol. The predicted octanol–water partition coefficient (Wildman–Crippen LogP) is 4.88. The third kappa shape index (κ3) is 1.89. The van der Waals surface area contributed by atoms with E-state index in [9.17, 15) is 0 Å². The summed E-state index contributed by atoms with van der Waals surface area (Å²) in [6.45, 7) is 17.1. The van der Waals surface area contributed by atoms with Gasteiger partial charge < -0.3 is 0 Å². The summed E-state index contributed by atoms with van der Waals surface area (Å²) in [7, 11) is -1.14. The van der Waals surface area contributed by atoms with Crippen LogP contribution >= 0.6 is 0 Å². The van der Waals surface area contributed by atoms with Gasteiger partial charge in [-0.1, -0.05) is 64.2 Å². The molecule has 1 aromatic rings. The van der Waals surface area contributed by atoms with Crippen molar-refractivity contribution >= 4 is 8.07 Å². The van der Waals surface area contributed by atoms with E-state index in [-0.39, 0.29) is 0 Å². The fourth-order valence-electron chi connectivity index (χ4n) is 3.65. The molecule has 0 bridgehead atoms. The normalized spacial score (nSPS) is 27.0. The summed E-state index contributed by atoms with van der Waals surface area (Å²) in [5.41, 5.74) is 5.81. The molecule has 0 radical (unpaired) electrons. The van der Waals surface area contributed by atoms with E-state index in [1.165, 1.54) is 5.56 Å². The first-order valence-electron chi connectivity index (χ1n) is 6.76. The van der Waals surface area contributed by atoms with Crippen LogP contribution in [0.5, 0.6) is 0 Å². The third-order valence-electron chi connectivity index (χ3n) is 4.81. The zero-order valence-corrected chi connectivity index (χ0v) is 13.4. The van der Waals surface area contributed by atoms with Gasteiger partial charge in [0.05, 0.1) is 8.07 Å². The van der Waals surface area contributed by atoms with E-state index in [0.29, 0.717) is 5.41 Å². The zero-order chi connectivity index (χ0) is 13.0. The molecule has 0 N–H and O–H groups in total. The van der Waals surface area contributed by atoms with Crippen LogP contribution in [0.15, 0.2) is 18.2 Å². The number of aryl methyl sites for hydroxylation is 1. The molecule has 0 fully saturated rings. The number of benzene rings is 1. The Balaban J connectivity index is 2.64. The van der Waals surface area contributed by atoms with Crippen molar-refractivity contribution in [2.24, 2.45) is 5.92 Å². The highest BCUT2D eigenvalue weighted by Gasteiger charge is 2.48. The van der Waals surface area contributed by atoms with Gasteiger partial charge in [0.25, 0.3) is 0 Å². The zero-order valence-electron chi connectivity index (χ0n) is 12.4. The van der Waals surface area contributed by atoms with Gasteiger partial charge >= 0.3 is 0 Å².